The highest BCUT2D eigenvalue weighted by Crippen LogP contribution is 2.22. The Kier molecular flexibility index (Phi) is 4.07. The first kappa shape index (κ1) is 15.8. The molecule has 0 aliphatic heterocycles. The predicted molar refractivity (Wildman–Crippen MR) is 89.6 cm³/mol. The molecule has 0 radical (unpaired) electrons. The number of para-hydroxylation sites is 1. The molecule has 2 aromatic heterocycles. The number of hydrogen-bond acceptors (Lipinski definition) is 5. The molecular formula is C17H17N3O4. The van der Waals surface area contributed by atoms with Crippen LogP contribution in [-0.4, -0.2) is 33.9 Å². The molecule has 0 atom stereocenters. The van der Waals surface area contributed by atoms with Crippen molar-refractivity contribution in [3.63, 3.8) is 0 Å². The Morgan fingerprint density at radius 2 is 2.04 bits per heavy atom. The highest BCUT2D eigenvalue weighted by Gasteiger charge is 2.18. The van der Waals surface area contributed by atoms with Gasteiger partial charge in [-0.25, -0.2) is 4.68 Å². The topological polar surface area (TPSA) is 74.8 Å². The maximum Gasteiger partial charge on any atom is 0.327 e. The van der Waals surface area contributed by atoms with Crippen LogP contribution in [-0.2, 0) is 20.8 Å². The molecule has 1 aromatic carbocycles. The lowest BCUT2D eigenvalue weighted by atomic mass is 10.2. The van der Waals surface area contributed by atoms with Crippen LogP contribution in [0.15, 0.2) is 41.7 Å². The van der Waals surface area contributed by atoms with Gasteiger partial charge in [0, 0.05) is 5.39 Å². The van der Waals surface area contributed by atoms with Gasteiger partial charge in [-0.15, -0.1) is 5.10 Å². The smallest absolute Gasteiger partial charge is 0.327 e. The van der Waals surface area contributed by atoms with Crippen molar-refractivity contribution >= 4 is 28.1 Å². The van der Waals surface area contributed by atoms with Crippen LogP contribution in [0.2, 0.25) is 0 Å². The van der Waals surface area contributed by atoms with E-state index < -0.39 is 5.97 Å². The maximum atomic E-state index is 12.7. The third kappa shape index (κ3) is 2.54. The molecule has 0 aliphatic carbocycles. The molecule has 7 nitrogen and oxygen atoms in total. The van der Waals surface area contributed by atoms with E-state index in [4.69, 9.17) is 4.74 Å². The molecule has 3 aromatic rings. The minimum Gasteiger partial charge on any atom is -0.491 e. The molecule has 0 spiro atoms. The van der Waals surface area contributed by atoms with E-state index in [1.165, 1.54) is 7.11 Å². The van der Waals surface area contributed by atoms with Crippen LogP contribution in [0.5, 0.6) is 0 Å². The zero-order valence-electron chi connectivity index (χ0n) is 13.5. The molecule has 3 rings (SSSR count). The summed E-state index contributed by atoms with van der Waals surface area (Å²) in [6.07, 6.45) is 0. The fourth-order valence-electron chi connectivity index (χ4n) is 2.59. The van der Waals surface area contributed by atoms with Gasteiger partial charge in [-0.05, 0) is 19.1 Å². The van der Waals surface area contributed by atoms with Gasteiger partial charge in [0.05, 0.1) is 19.2 Å². The monoisotopic (exact) mass is 327 g/mol. The second kappa shape index (κ2) is 6.19. The largest absolute Gasteiger partial charge is 0.491 e. The Labute approximate surface area is 137 Å². The SMILES string of the molecule is C=C(OCC)c1nn(CC(=O)OC)c(=O)c2cc3ccccc3n12. The summed E-state index contributed by atoms with van der Waals surface area (Å²) in [7, 11) is 1.26. The number of fused-ring (bicyclic) bond motifs is 3. The predicted octanol–water partition coefficient (Wildman–Crippen LogP) is 1.83. The van der Waals surface area contributed by atoms with Crippen molar-refractivity contribution in [1.29, 1.82) is 0 Å². The third-order valence-corrected chi connectivity index (χ3v) is 3.67. The molecule has 0 amide bonds. The fourth-order valence-corrected chi connectivity index (χ4v) is 2.59. The van der Waals surface area contributed by atoms with E-state index in [1.54, 1.807) is 10.5 Å². The van der Waals surface area contributed by atoms with E-state index in [2.05, 4.69) is 16.4 Å². The van der Waals surface area contributed by atoms with Crippen LogP contribution in [0.3, 0.4) is 0 Å². The van der Waals surface area contributed by atoms with Gasteiger partial charge >= 0.3 is 5.97 Å². The Morgan fingerprint density at radius 1 is 1.29 bits per heavy atom. The number of nitrogens with zero attached hydrogens (tertiary/aromatic N) is 3. The molecule has 0 fully saturated rings. The van der Waals surface area contributed by atoms with Gasteiger partial charge < -0.3 is 9.47 Å². The van der Waals surface area contributed by atoms with Crippen molar-refractivity contribution < 1.29 is 14.3 Å². The van der Waals surface area contributed by atoms with Crippen molar-refractivity contribution in [2.75, 3.05) is 13.7 Å². The van der Waals surface area contributed by atoms with Crippen molar-refractivity contribution in [3.05, 3.63) is 53.1 Å². The number of carbonyl (C=O) groups excluding carboxylic acids is 1. The van der Waals surface area contributed by atoms with E-state index >= 15 is 0 Å². The van der Waals surface area contributed by atoms with Crippen molar-refractivity contribution in [2.45, 2.75) is 13.5 Å². The Morgan fingerprint density at radius 3 is 2.75 bits per heavy atom. The number of rotatable bonds is 5. The lowest BCUT2D eigenvalue weighted by molar-refractivity contribution is -0.141. The van der Waals surface area contributed by atoms with Crippen molar-refractivity contribution in [2.24, 2.45) is 0 Å². The van der Waals surface area contributed by atoms with Gasteiger partial charge in [0.2, 0.25) is 0 Å². The molecule has 2 heterocycles. The summed E-state index contributed by atoms with van der Waals surface area (Å²) in [5.41, 5.74) is 0.828. The van der Waals surface area contributed by atoms with Crippen LogP contribution in [0.1, 0.15) is 12.7 Å². The van der Waals surface area contributed by atoms with Crippen LogP contribution < -0.4 is 5.56 Å². The van der Waals surface area contributed by atoms with E-state index in [9.17, 15) is 9.59 Å². The van der Waals surface area contributed by atoms with E-state index in [0.717, 1.165) is 15.6 Å². The third-order valence-electron chi connectivity index (χ3n) is 3.67. The first-order chi connectivity index (χ1) is 11.6. The molecule has 0 bridgehead atoms. The average Bonchev–Trinajstić information content (AvgIpc) is 2.97. The number of benzene rings is 1. The van der Waals surface area contributed by atoms with E-state index in [1.807, 2.05) is 31.2 Å². The molecule has 7 heteroatoms. The van der Waals surface area contributed by atoms with Crippen LogP contribution in [0, 0.1) is 0 Å². The van der Waals surface area contributed by atoms with Gasteiger partial charge in [-0.2, -0.15) is 0 Å². The van der Waals surface area contributed by atoms with Crippen molar-refractivity contribution in [1.82, 2.24) is 14.2 Å². The normalized spacial score (nSPS) is 10.9. The summed E-state index contributed by atoms with van der Waals surface area (Å²) in [4.78, 5) is 24.2. The van der Waals surface area contributed by atoms with Gasteiger partial charge in [0.15, 0.2) is 11.6 Å². The second-order valence-electron chi connectivity index (χ2n) is 5.14. The number of ether oxygens (including phenoxy) is 2. The fraction of sp³-hybridized carbons (Fsp3) is 0.235. The molecule has 0 unspecified atom stereocenters. The quantitative estimate of drug-likeness (QED) is 0.528. The van der Waals surface area contributed by atoms with E-state index in [0.29, 0.717) is 23.7 Å². The van der Waals surface area contributed by atoms with Crippen LogP contribution in [0.25, 0.3) is 22.2 Å². The Bertz CT molecular complexity index is 1000. The summed E-state index contributed by atoms with van der Waals surface area (Å²) in [5, 5.41) is 5.16. The number of aromatic nitrogens is 3. The molecular weight excluding hydrogens is 310 g/mol. The molecule has 124 valence electrons. The first-order valence-corrected chi connectivity index (χ1v) is 7.47. The summed E-state index contributed by atoms with van der Waals surface area (Å²) in [6.45, 7) is 5.85. The zero-order chi connectivity index (χ0) is 17.3. The Balaban J connectivity index is 2.35. The van der Waals surface area contributed by atoms with Crippen molar-refractivity contribution in [3.8, 4) is 0 Å². The molecule has 0 saturated heterocycles. The molecule has 0 N–H and O–H groups in total. The van der Waals surface area contributed by atoms with Crippen LogP contribution in [0.4, 0.5) is 0 Å². The van der Waals surface area contributed by atoms with E-state index in [-0.39, 0.29) is 12.1 Å². The number of methoxy groups -OCH3 is 1. The van der Waals surface area contributed by atoms with Gasteiger partial charge in [-0.1, -0.05) is 24.8 Å². The second-order valence-corrected chi connectivity index (χ2v) is 5.14. The summed E-state index contributed by atoms with van der Waals surface area (Å²) >= 11 is 0. The van der Waals surface area contributed by atoms with Gasteiger partial charge in [-0.3, -0.25) is 14.0 Å². The molecule has 0 aliphatic rings. The summed E-state index contributed by atoms with van der Waals surface area (Å²) in [5.74, 6) is 0.136. The molecule has 24 heavy (non-hydrogen) atoms. The minimum atomic E-state index is -0.557. The van der Waals surface area contributed by atoms with Gasteiger partial charge in [0.25, 0.3) is 5.56 Å². The average molecular weight is 327 g/mol. The number of carbonyl (C=O) groups is 1. The maximum absolute atomic E-state index is 12.7. The standard InChI is InChI=1S/C17H17N3O4/c1-4-24-11(2)16-18-19(10-15(21)23-3)17(22)14-9-12-7-5-6-8-13(12)20(14)16/h5-9H,2,4,10H2,1,3H3. The van der Waals surface area contributed by atoms with Crippen LogP contribution >= 0.6 is 0 Å². The highest BCUT2D eigenvalue weighted by atomic mass is 16.5. The van der Waals surface area contributed by atoms with Gasteiger partial charge in [0.1, 0.15) is 12.1 Å². The molecule has 0 saturated carbocycles. The number of esters is 1. The Hall–Kier alpha value is -3.09. The summed E-state index contributed by atoms with van der Waals surface area (Å²) < 4.78 is 12.9. The lowest BCUT2D eigenvalue weighted by Gasteiger charge is -2.12. The first-order valence-electron chi connectivity index (χ1n) is 7.47. The highest BCUT2D eigenvalue weighted by molar-refractivity contribution is 5.88. The lowest BCUT2D eigenvalue weighted by Crippen LogP contribution is -2.30. The number of hydrogen-bond donors (Lipinski definition) is 0. The summed E-state index contributed by atoms with van der Waals surface area (Å²) in [6, 6.07) is 9.31. The zero-order valence-corrected chi connectivity index (χ0v) is 13.5. The minimum absolute atomic E-state index is 0.278.